The molecule has 0 fully saturated rings. The van der Waals surface area contributed by atoms with Gasteiger partial charge in [0.05, 0.1) is 5.01 Å². The summed E-state index contributed by atoms with van der Waals surface area (Å²) in [5.74, 6) is 0.825. The number of hydrogen-bond acceptors (Lipinski definition) is 4. The maximum Gasteiger partial charge on any atom is 0.191 e. The van der Waals surface area contributed by atoms with Crippen molar-refractivity contribution >= 4 is 17.3 Å². The second-order valence-corrected chi connectivity index (χ2v) is 7.56. The predicted molar refractivity (Wildman–Crippen MR) is 112 cm³/mol. The summed E-state index contributed by atoms with van der Waals surface area (Å²) < 4.78 is 0. The quantitative estimate of drug-likeness (QED) is 0.523. The van der Waals surface area contributed by atoms with Gasteiger partial charge < -0.3 is 10.6 Å². The van der Waals surface area contributed by atoms with Gasteiger partial charge in [0.2, 0.25) is 0 Å². The summed E-state index contributed by atoms with van der Waals surface area (Å²) in [7, 11) is 1.80. The fourth-order valence-corrected chi connectivity index (χ4v) is 3.47. The Bertz CT molecular complexity index is 674. The van der Waals surface area contributed by atoms with Gasteiger partial charge in [0.25, 0.3) is 0 Å². The van der Waals surface area contributed by atoms with Crippen LogP contribution in [0.2, 0.25) is 0 Å². The van der Waals surface area contributed by atoms with Crippen LogP contribution in [0.15, 0.2) is 35.5 Å². The molecule has 2 aromatic rings. The zero-order chi connectivity index (χ0) is 18.8. The number of nitrogens with one attached hydrogen (secondary N) is 2. The van der Waals surface area contributed by atoms with E-state index in [4.69, 9.17) is 0 Å². The van der Waals surface area contributed by atoms with Gasteiger partial charge in [0, 0.05) is 44.2 Å². The zero-order valence-electron chi connectivity index (χ0n) is 16.4. The van der Waals surface area contributed by atoms with Gasteiger partial charge in [-0.3, -0.25) is 9.89 Å². The minimum Gasteiger partial charge on any atom is -0.356 e. The molecule has 6 heteroatoms. The van der Waals surface area contributed by atoms with Gasteiger partial charge in [-0.05, 0) is 31.1 Å². The molecule has 0 bridgehead atoms. The number of thiazole rings is 1. The fraction of sp³-hybridized carbons (Fsp3) is 0.500. The molecule has 0 spiro atoms. The summed E-state index contributed by atoms with van der Waals surface area (Å²) in [6, 6.07) is 8.82. The highest BCUT2D eigenvalue weighted by atomic mass is 32.1. The molecule has 1 heterocycles. The minimum atomic E-state index is 0.765. The lowest BCUT2D eigenvalue weighted by Crippen LogP contribution is -2.37. The van der Waals surface area contributed by atoms with Crippen molar-refractivity contribution in [2.45, 2.75) is 40.3 Å². The maximum atomic E-state index is 4.39. The lowest BCUT2D eigenvalue weighted by atomic mass is 10.1. The Morgan fingerprint density at radius 1 is 1.12 bits per heavy atom. The van der Waals surface area contributed by atoms with Crippen LogP contribution in [0, 0.1) is 6.92 Å². The molecule has 1 aromatic heterocycles. The largest absolute Gasteiger partial charge is 0.356 e. The summed E-state index contributed by atoms with van der Waals surface area (Å²) in [5.41, 5.74) is 2.62. The Labute approximate surface area is 161 Å². The van der Waals surface area contributed by atoms with Crippen LogP contribution in [0.1, 0.15) is 34.9 Å². The average Bonchev–Trinajstić information content (AvgIpc) is 3.08. The van der Waals surface area contributed by atoms with Crippen molar-refractivity contribution in [3.63, 3.8) is 0 Å². The third-order valence-electron chi connectivity index (χ3n) is 4.31. The smallest absolute Gasteiger partial charge is 0.191 e. The van der Waals surface area contributed by atoms with E-state index in [1.807, 2.05) is 6.20 Å². The van der Waals surface area contributed by atoms with Crippen LogP contribution >= 0.6 is 11.3 Å². The van der Waals surface area contributed by atoms with Crippen molar-refractivity contribution in [1.82, 2.24) is 20.5 Å². The van der Waals surface area contributed by atoms with Crippen molar-refractivity contribution in [2.75, 3.05) is 26.7 Å². The van der Waals surface area contributed by atoms with E-state index in [0.29, 0.717) is 0 Å². The van der Waals surface area contributed by atoms with Crippen LogP contribution in [0.3, 0.4) is 0 Å². The van der Waals surface area contributed by atoms with Gasteiger partial charge in [0.15, 0.2) is 5.96 Å². The molecule has 0 aliphatic rings. The van der Waals surface area contributed by atoms with E-state index in [2.05, 4.69) is 70.5 Å². The highest BCUT2D eigenvalue weighted by Crippen LogP contribution is 2.11. The zero-order valence-corrected chi connectivity index (χ0v) is 17.2. The van der Waals surface area contributed by atoms with E-state index in [1.54, 1.807) is 18.4 Å². The monoisotopic (exact) mass is 373 g/mol. The minimum absolute atomic E-state index is 0.765. The first kappa shape index (κ1) is 20.4. The molecular weight excluding hydrogens is 342 g/mol. The second-order valence-electron chi connectivity index (χ2n) is 6.25. The summed E-state index contributed by atoms with van der Waals surface area (Å²) in [4.78, 5) is 12.4. The third kappa shape index (κ3) is 6.77. The number of aromatic nitrogens is 1. The molecule has 0 atom stereocenters. The molecule has 0 aliphatic carbocycles. The molecule has 1 aromatic carbocycles. The first-order valence-corrected chi connectivity index (χ1v) is 10.1. The van der Waals surface area contributed by atoms with Gasteiger partial charge in [-0.1, -0.05) is 38.1 Å². The summed E-state index contributed by atoms with van der Waals surface area (Å²) in [6.07, 6.45) is 2.84. The molecule has 5 nitrogen and oxygen atoms in total. The van der Waals surface area contributed by atoms with E-state index >= 15 is 0 Å². The molecule has 0 saturated heterocycles. The second kappa shape index (κ2) is 10.9. The van der Waals surface area contributed by atoms with E-state index in [0.717, 1.165) is 50.1 Å². The highest BCUT2D eigenvalue weighted by Gasteiger charge is 2.03. The molecular formula is C20H31N5S. The molecule has 0 amide bonds. The van der Waals surface area contributed by atoms with Crippen LogP contribution in [0.25, 0.3) is 0 Å². The Morgan fingerprint density at radius 2 is 1.81 bits per heavy atom. The topological polar surface area (TPSA) is 52.5 Å². The van der Waals surface area contributed by atoms with E-state index in [1.165, 1.54) is 16.0 Å². The number of aryl methyl sites for hydroxylation is 1. The Balaban J connectivity index is 1.75. The van der Waals surface area contributed by atoms with Gasteiger partial charge >= 0.3 is 0 Å². The standard InChI is InChI=1S/C20H31N5S/c1-5-25(6-2)15-18-9-7-17(8-10-18)14-24-20(21-4)22-12-11-19-23-13-16(3)26-19/h7-10,13H,5-6,11-12,14-15H2,1-4H3,(H2,21,22,24). The van der Waals surface area contributed by atoms with Crippen molar-refractivity contribution < 1.29 is 0 Å². The molecule has 26 heavy (non-hydrogen) atoms. The van der Waals surface area contributed by atoms with Crippen molar-refractivity contribution in [1.29, 1.82) is 0 Å². The van der Waals surface area contributed by atoms with E-state index in [9.17, 15) is 0 Å². The third-order valence-corrected chi connectivity index (χ3v) is 5.28. The van der Waals surface area contributed by atoms with Crippen LogP contribution in [0.5, 0.6) is 0 Å². The Hall–Kier alpha value is -1.92. The van der Waals surface area contributed by atoms with Crippen LogP contribution in [0.4, 0.5) is 0 Å². The number of benzene rings is 1. The average molecular weight is 374 g/mol. The van der Waals surface area contributed by atoms with Crippen molar-refractivity contribution in [3.8, 4) is 0 Å². The lowest BCUT2D eigenvalue weighted by molar-refractivity contribution is 0.296. The molecule has 0 aliphatic heterocycles. The Morgan fingerprint density at radius 3 is 2.38 bits per heavy atom. The summed E-state index contributed by atoms with van der Waals surface area (Å²) in [6.45, 7) is 11.3. The van der Waals surface area contributed by atoms with Crippen LogP contribution in [-0.2, 0) is 19.5 Å². The molecule has 0 radical (unpaired) electrons. The van der Waals surface area contributed by atoms with Crippen molar-refractivity contribution in [2.24, 2.45) is 4.99 Å². The van der Waals surface area contributed by atoms with Crippen LogP contribution < -0.4 is 10.6 Å². The molecule has 2 N–H and O–H groups in total. The molecule has 0 unspecified atom stereocenters. The number of nitrogens with zero attached hydrogens (tertiary/aromatic N) is 3. The molecule has 2 rings (SSSR count). The molecule has 0 saturated carbocycles. The van der Waals surface area contributed by atoms with Crippen LogP contribution in [-0.4, -0.2) is 42.5 Å². The highest BCUT2D eigenvalue weighted by molar-refractivity contribution is 7.11. The van der Waals surface area contributed by atoms with Crippen molar-refractivity contribution in [3.05, 3.63) is 51.5 Å². The predicted octanol–water partition coefficient (Wildman–Crippen LogP) is 3.20. The number of rotatable bonds is 9. The lowest BCUT2D eigenvalue weighted by Gasteiger charge is -2.18. The number of hydrogen-bond donors (Lipinski definition) is 2. The van der Waals surface area contributed by atoms with Gasteiger partial charge in [-0.15, -0.1) is 11.3 Å². The number of aliphatic imine (C=N–C) groups is 1. The Kier molecular flexibility index (Phi) is 8.58. The first-order chi connectivity index (χ1) is 12.6. The van der Waals surface area contributed by atoms with Gasteiger partial charge in [0.1, 0.15) is 0 Å². The first-order valence-electron chi connectivity index (χ1n) is 9.30. The summed E-state index contributed by atoms with van der Waals surface area (Å²) in [5, 5.41) is 7.88. The maximum absolute atomic E-state index is 4.39. The van der Waals surface area contributed by atoms with Gasteiger partial charge in [-0.2, -0.15) is 0 Å². The summed E-state index contributed by atoms with van der Waals surface area (Å²) >= 11 is 1.75. The van der Waals surface area contributed by atoms with E-state index < -0.39 is 0 Å². The fourth-order valence-electron chi connectivity index (χ4n) is 2.68. The number of guanidine groups is 1. The van der Waals surface area contributed by atoms with Gasteiger partial charge in [-0.25, -0.2) is 4.98 Å². The normalized spacial score (nSPS) is 11.8. The van der Waals surface area contributed by atoms with E-state index in [-0.39, 0.29) is 0 Å². The molecule has 142 valence electrons. The SMILES string of the molecule is CCN(CC)Cc1ccc(CNC(=NC)NCCc2ncc(C)s2)cc1.